The number of hydrogen-bond donors (Lipinski definition) is 1. The third-order valence-corrected chi connectivity index (χ3v) is 2.76. The Hall–Kier alpha value is -1.62. The number of fused-ring (bicyclic) bond motifs is 1. The van der Waals surface area contributed by atoms with Crippen molar-refractivity contribution in [3.8, 4) is 11.3 Å². The lowest BCUT2D eigenvalue weighted by Gasteiger charge is -2.17. The van der Waals surface area contributed by atoms with Gasteiger partial charge >= 0.3 is 0 Å². The van der Waals surface area contributed by atoms with Crippen LogP contribution in [0.25, 0.3) is 11.3 Å². The second-order valence-corrected chi connectivity index (χ2v) is 3.68. The molecule has 0 aromatic carbocycles. The Morgan fingerprint density at radius 2 is 2.40 bits per heavy atom. The highest BCUT2D eigenvalue weighted by Gasteiger charge is 2.17. The van der Waals surface area contributed by atoms with E-state index in [1.165, 1.54) is 0 Å². The van der Waals surface area contributed by atoms with E-state index in [0.717, 1.165) is 42.5 Å². The third kappa shape index (κ3) is 1.27. The summed E-state index contributed by atoms with van der Waals surface area (Å²) in [6, 6.07) is 0. The van der Waals surface area contributed by atoms with Gasteiger partial charge in [-0.05, 0) is 6.92 Å². The summed E-state index contributed by atoms with van der Waals surface area (Å²) in [6.07, 6.45) is 3.64. The number of rotatable bonds is 1. The Morgan fingerprint density at radius 3 is 3.20 bits per heavy atom. The van der Waals surface area contributed by atoms with Crippen molar-refractivity contribution < 1.29 is 4.52 Å². The second kappa shape index (κ2) is 3.20. The smallest absolute Gasteiger partial charge is 0.143 e. The SMILES string of the molecule is Cc1oncc1-c1cnc2n1CCNC2. The van der Waals surface area contributed by atoms with Crippen LogP contribution in [-0.2, 0) is 13.1 Å². The number of hydrogen-bond acceptors (Lipinski definition) is 4. The summed E-state index contributed by atoms with van der Waals surface area (Å²) in [5, 5.41) is 7.09. The van der Waals surface area contributed by atoms with Crippen LogP contribution >= 0.6 is 0 Å². The van der Waals surface area contributed by atoms with E-state index in [9.17, 15) is 0 Å². The first kappa shape index (κ1) is 8.67. The van der Waals surface area contributed by atoms with E-state index >= 15 is 0 Å². The van der Waals surface area contributed by atoms with Crippen molar-refractivity contribution in [3.05, 3.63) is 24.0 Å². The molecule has 1 N–H and O–H groups in total. The van der Waals surface area contributed by atoms with Crippen LogP contribution in [0, 0.1) is 6.92 Å². The van der Waals surface area contributed by atoms with Gasteiger partial charge in [-0.2, -0.15) is 0 Å². The van der Waals surface area contributed by atoms with Crippen molar-refractivity contribution in [2.24, 2.45) is 0 Å². The summed E-state index contributed by atoms with van der Waals surface area (Å²) in [4.78, 5) is 4.38. The third-order valence-electron chi connectivity index (χ3n) is 2.76. The molecule has 0 bridgehead atoms. The van der Waals surface area contributed by atoms with Gasteiger partial charge in [0.05, 0.1) is 30.2 Å². The molecule has 2 aromatic heterocycles. The molecule has 0 saturated heterocycles. The van der Waals surface area contributed by atoms with Crippen LogP contribution in [0.1, 0.15) is 11.6 Å². The summed E-state index contributed by atoms with van der Waals surface area (Å²) >= 11 is 0. The van der Waals surface area contributed by atoms with Gasteiger partial charge in [0.25, 0.3) is 0 Å². The van der Waals surface area contributed by atoms with Crippen LogP contribution in [-0.4, -0.2) is 21.3 Å². The van der Waals surface area contributed by atoms with Crippen molar-refractivity contribution in [3.63, 3.8) is 0 Å². The molecule has 0 atom stereocenters. The first-order valence-corrected chi connectivity index (χ1v) is 5.03. The van der Waals surface area contributed by atoms with Gasteiger partial charge in [-0.1, -0.05) is 5.16 Å². The van der Waals surface area contributed by atoms with Crippen LogP contribution < -0.4 is 5.32 Å². The molecule has 1 aliphatic heterocycles. The molecule has 0 fully saturated rings. The number of aromatic nitrogens is 3. The lowest BCUT2D eigenvalue weighted by atomic mass is 10.2. The van der Waals surface area contributed by atoms with Gasteiger partial charge in [0, 0.05) is 13.1 Å². The van der Waals surface area contributed by atoms with Gasteiger partial charge in [0.15, 0.2) is 0 Å². The van der Waals surface area contributed by atoms with Crippen LogP contribution in [0.4, 0.5) is 0 Å². The normalized spacial score (nSPS) is 15.3. The van der Waals surface area contributed by atoms with E-state index in [4.69, 9.17) is 4.52 Å². The summed E-state index contributed by atoms with van der Waals surface area (Å²) in [7, 11) is 0. The second-order valence-electron chi connectivity index (χ2n) is 3.68. The lowest BCUT2D eigenvalue weighted by Crippen LogP contribution is -2.28. The van der Waals surface area contributed by atoms with E-state index < -0.39 is 0 Å². The highest BCUT2D eigenvalue weighted by Crippen LogP contribution is 2.24. The quantitative estimate of drug-likeness (QED) is 0.751. The maximum Gasteiger partial charge on any atom is 0.143 e. The zero-order valence-electron chi connectivity index (χ0n) is 8.53. The lowest BCUT2D eigenvalue weighted by molar-refractivity contribution is 0.397. The molecular formula is C10H12N4O. The molecule has 0 radical (unpaired) electrons. The van der Waals surface area contributed by atoms with Crippen LogP contribution in [0.2, 0.25) is 0 Å². The van der Waals surface area contributed by atoms with E-state index in [0.29, 0.717) is 0 Å². The minimum absolute atomic E-state index is 0.838. The van der Waals surface area contributed by atoms with E-state index in [-0.39, 0.29) is 0 Å². The van der Waals surface area contributed by atoms with Gasteiger partial charge in [0.2, 0.25) is 0 Å². The molecule has 0 unspecified atom stereocenters. The Bertz CT molecular complexity index is 485. The monoisotopic (exact) mass is 204 g/mol. The van der Waals surface area contributed by atoms with Gasteiger partial charge in [-0.3, -0.25) is 0 Å². The zero-order chi connectivity index (χ0) is 10.3. The molecule has 0 aliphatic carbocycles. The fraction of sp³-hybridized carbons (Fsp3) is 0.400. The van der Waals surface area contributed by atoms with Crippen molar-refractivity contribution in [2.45, 2.75) is 20.0 Å². The average molecular weight is 204 g/mol. The molecule has 5 heteroatoms. The van der Waals surface area contributed by atoms with E-state index in [1.807, 2.05) is 13.1 Å². The van der Waals surface area contributed by atoms with Crippen molar-refractivity contribution in [1.29, 1.82) is 0 Å². The van der Waals surface area contributed by atoms with Crippen LogP contribution in [0.15, 0.2) is 16.9 Å². The summed E-state index contributed by atoms with van der Waals surface area (Å²) in [5.41, 5.74) is 2.14. The Kier molecular flexibility index (Phi) is 1.85. The molecule has 0 saturated carbocycles. The first-order valence-electron chi connectivity index (χ1n) is 5.03. The average Bonchev–Trinajstić information content (AvgIpc) is 2.83. The number of nitrogens with one attached hydrogen (secondary N) is 1. The Morgan fingerprint density at radius 1 is 1.47 bits per heavy atom. The van der Waals surface area contributed by atoms with Crippen LogP contribution in [0.3, 0.4) is 0 Å². The van der Waals surface area contributed by atoms with Crippen molar-refractivity contribution in [1.82, 2.24) is 20.0 Å². The highest BCUT2D eigenvalue weighted by atomic mass is 16.5. The summed E-state index contributed by atoms with van der Waals surface area (Å²) in [6.45, 7) is 4.70. The maximum atomic E-state index is 5.07. The molecule has 78 valence electrons. The molecule has 5 nitrogen and oxygen atoms in total. The van der Waals surface area contributed by atoms with Gasteiger partial charge < -0.3 is 14.4 Å². The Labute approximate surface area is 87.1 Å². The van der Waals surface area contributed by atoms with Gasteiger partial charge in [-0.15, -0.1) is 0 Å². The fourth-order valence-corrected chi connectivity index (χ4v) is 1.96. The van der Waals surface area contributed by atoms with E-state index in [2.05, 4.69) is 20.0 Å². The predicted octanol–water partition coefficient (Wildman–Crippen LogP) is 0.950. The summed E-state index contributed by atoms with van der Waals surface area (Å²) < 4.78 is 7.29. The molecular weight excluding hydrogens is 192 g/mol. The van der Waals surface area contributed by atoms with E-state index in [1.54, 1.807) is 6.20 Å². The number of imidazole rings is 1. The standard InChI is InChI=1S/C10H12N4O/c1-7-8(4-13-15-7)9-5-12-10-6-11-2-3-14(9)10/h4-5,11H,2-3,6H2,1H3. The maximum absolute atomic E-state index is 5.07. The molecule has 0 spiro atoms. The zero-order valence-corrected chi connectivity index (χ0v) is 8.53. The van der Waals surface area contributed by atoms with Gasteiger partial charge in [0.1, 0.15) is 11.6 Å². The van der Waals surface area contributed by atoms with Crippen LogP contribution in [0.5, 0.6) is 0 Å². The van der Waals surface area contributed by atoms with Crippen molar-refractivity contribution in [2.75, 3.05) is 6.54 Å². The Balaban J connectivity index is 2.13. The van der Waals surface area contributed by atoms with Crippen molar-refractivity contribution >= 4 is 0 Å². The molecule has 15 heavy (non-hydrogen) atoms. The number of aryl methyl sites for hydroxylation is 1. The molecule has 3 rings (SSSR count). The highest BCUT2D eigenvalue weighted by molar-refractivity contribution is 5.60. The first-order chi connectivity index (χ1) is 7.36. The molecule has 2 aromatic rings. The minimum atomic E-state index is 0.838. The summed E-state index contributed by atoms with van der Waals surface area (Å²) in [5.74, 6) is 1.92. The largest absolute Gasteiger partial charge is 0.361 e. The fourth-order valence-electron chi connectivity index (χ4n) is 1.96. The molecule has 3 heterocycles. The molecule has 0 amide bonds. The van der Waals surface area contributed by atoms with Gasteiger partial charge in [-0.25, -0.2) is 4.98 Å². The predicted molar refractivity (Wildman–Crippen MR) is 54.2 cm³/mol. The minimum Gasteiger partial charge on any atom is -0.361 e. The molecule has 1 aliphatic rings. The number of nitrogens with zero attached hydrogens (tertiary/aromatic N) is 3. The topological polar surface area (TPSA) is 55.9 Å².